The molecular weight excluding hydrogens is 288 g/mol. The maximum Gasteiger partial charge on any atom is 0.263 e. The molecule has 4 nitrogen and oxygen atoms in total. The van der Waals surface area contributed by atoms with Gasteiger partial charge < -0.3 is 4.98 Å². The minimum atomic E-state index is -0.874. The molecule has 0 saturated heterocycles. The molecule has 0 saturated carbocycles. The van der Waals surface area contributed by atoms with Crippen molar-refractivity contribution in [3.05, 3.63) is 26.6 Å². The number of hydrogen-bond acceptors (Lipinski definition) is 4. The van der Waals surface area contributed by atoms with Crippen molar-refractivity contribution < 1.29 is 4.21 Å². The molecule has 2 unspecified atom stereocenters. The van der Waals surface area contributed by atoms with Gasteiger partial charge in [-0.2, -0.15) is 0 Å². The molecule has 0 aliphatic carbocycles. The average Bonchev–Trinajstić information content (AvgIpc) is 2.76. The van der Waals surface area contributed by atoms with Crippen LogP contribution in [-0.4, -0.2) is 25.3 Å². The second kappa shape index (κ2) is 5.46. The summed E-state index contributed by atoms with van der Waals surface area (Å²) < 4.78 is 13.3. The van der Waals surface area contributed by atoms with Crippen LogP contribution in [0.25, 0.3) is 10.2 Å². The molecule has 0 aliphatic heterocycles. The number of rotatable bonds is 4. The van der Waals surface area contributed by atoms with E-state index in [-0.39, 0.29) is 10.8 Å². The number of aromatic amines is 1. The Morgan fingerprint density at radius 2 is 2.33 bits per heavy atom. The van der Waals surface area contributed by atoms with Crippen LogP contribution >= 0.6 is 23.6 Å². The topological polar surface area (TPSA) is 54.9 Å². The van der Waals surface area contributed by atoms with Crippen LogP contribution in [0, 0.1) is 4.77 Å². The van der Waals surface area contributed by atoms with Gasteiger partial charge in [-0.3, -0.25) is 13.6 Å². The standard InChI is InChI=1S/C11H14N2O2S3/c1-7(18(2)15)3-5-13-10(14)8-4-6-17-9(8)12-11(13)16/h4,6-7H,3,5H2,1-2H3,(H,12,16). The van der Waals surface area contributed by atoms with Gasteiger partial charge in [0.1, 0.15) is 4.83 Å². The number of hydrogen-bond donors (Lipinski definition) is 1. The van der Waals surface area contributed by atoms with E-state index in [0.29, 0.717) is 23.1 Å². The predicted molar refractivity (Wildman–Crippen MR) is 79.4 cm³/mol. The largest absolute Gasteiger partial charge is 0.323 e. The van der Waals surface area contributed by atoms with Crippen molar-refractivity contribution in [3.8, 4) is 0 Å². The van der Waals surface area contributed by atoms with Crippen LogP contribution in [-0.2, 0) is 17.3 Å². The Kier molecular flexibility index (Phi) is 4.14. The summed E-state index contributed by atoms with van der Waals surface area (Å²) >= 11 is 6.66. The number of H-pyrrole nitrogens is 1. The Labute approximate surface area is 116 Å². The predicted octanol–water partition coefficient (Wildman–Crippen LogP) is 2.28. The summed E-state index contributed by atoms with van der Waals surface area (Å²) in [6.45, 7) is 2.41. The van der Waals surface area contributed by atoms with Gasteiger partial charge in [-0.05, 0) is 30.1 Å². The first-order chi connectivity index (χ1) is 8.50. The molecule has 2 aromatic heterocycles. The van der Waals surface area contributed by atoms with Gasteiger partial charge in [-0.25, -0.2) is 0 Å². The van der Waals surface area contributed by atoms with E-state index in [4.69, 9.17) is 12.2 Å². The van der Waals surface area contributed by atoms with E-state index in [2.05, 4.69) is 4.98 Å². The third-order valence-corrected chi connectivity index (χ3v) is 5.45. The molecule has 18 heavy (non-hydrogen) atoms. The van der Waals surface area contributed by atoms with Gasteiger partial charge >= 0.3 is 0 Å². The number of aromatic nitrogens is 2. The monoisotopic (exact) mass is 302 g/mol. The highest BCUT2D eigenvalue weighted by Crippen LogP contribution is 2.14. The zero-order valence-corrected chi connectivity index (χ0v) is 12.6. The molecule has 0 amide bonds. The van der Waals surface area contributed by atoms with E-state index >= 15 is 0 Å². The van der Waals surface area contributed by atoms with Crippen molar-refractivity contribution in [2.75, 3.05) is 6.26 Å². The summed E-state index contributed by atoms with van der Waals surface area (Å²) in [6.07, 6.45) is 2.35. The second-order valence-corrected chi connectivity index (χ2v) is 7.25. The fraction of sp³-hybridized carbons (Fsp3) is 0.455. The SMILES string of the molecule is CC(CCn1c(=S)[nH]c2sccc2c1=O)S(C)=O. The summed E-state index contributed by atoms with van der Waals surface area (Å²) in [4.78, 5) is 16.1. The van der Waals surface area contributed by atoms with Gasteiger partial charge in [0.2, 0.25) is 0 Å². The Morgan fingerprint density at radius 1 is 1.61 bits per heavy atom. The van der Waals surface area contributed by atoms with E-state index in [1.807, 2.05) is 12.3 Å². The van der Waals surface area contributed by atoms with E-state index in [1.54, 1.807) is 16.9 Å². The highest BCUT2D eigenvalue weighted by molar-refractivity contribution is 7.84. The molecule has 2 rings (SSSR count). The first-order valence-corrected chi connectivity index (χ1v) is 8.44. The summed E-state index contributed by atoms with van der Waals surface area (Å²) in [5, 5.41) is 2.59. The Hall–Kier alpha value is -0.790. The van der Waals surface area contributed by atoms with Crippen molar-refractivity contribution in [2.45, 2.75) is 25.1 Å². The first-order valence-electron chi connectivity index (χ1n) is 5.53. The van der Waals surface area contributed by atoms with Crippen LogP contribution < -0.4 is 5.56 Å². The third-order valence-electron chi connectivity index (χ3n) is 2.93. The van der Waals surface area contributed by atoms with Crippen molar-refractivity contribution in [2.24, 2.45) is 0 Å². The van der Waals surface area contributed by atoms with E-state index < -0.39 is 10.8 Å². The lowest BCUT2D eigenvalue weighted by atomic mass is 10.3. The minimum Gasteiger partial charge on any atom is -0.323 e. The maximum atomic E-state index is 12.2. The fourth-order valence-electron chi connectivity index (χ4n) is 1.66. The van der Waals surface area contributed by atoms with Crippen LogP contribution in [0.2, 0.25) is 0 Å². The van der Waals surface area contributed by atoms with Crippen molar-refractivity contribution in [3.63, 3.8) is 0 Å². The van der Waals surface area contributed by atoms with Crippen LogP contribution in [0.15, 0.2) is 16.2 Å². The number of nitrogens with zero attached hydrogens (tertiary/aromatic N) is 1. The fourth-order valence-corrected chi connectivity index (χ4v) is 3.21. The first kappa shape index (κ1) is 13.6. The smallest absolute Gasteiger partial charge is 0.263 e. The Bertz CT molecular complexity index is 698. The summed E-state index contributed by atoms with van der Waals surface area (Å²) in [5.41, 5.74) is -0.0657. The van der Waals surface area contributed by atoms with Crippen LogP contribution in [0.5, 0.6) is 0 Å². The molecule has 2 atom stereocenters. The zero-order valence-electron chi connectivity index (χ0n) is 10.1. The molecule has 2 aromatic rings. The van der Waals surface area contributed by atoms with Crippen LogP contribution in [0.3, 0.4) is 0 Å². The molecule has 0 radical (unpaired) electrons. The van der Waals surface area contributed by atoms with Crippen molar-refractivity contribution in [1.29, 1.82) is 0 Å². The van der Waals surface area contributed by atoms with E-state index in [0.717, 1.165) is 4.83 Å². The molecule has 0 aromatic carbocycles. The normalized spacial score (nSPS) is 14.8. The molecule has 0 spiro atoms. The molecule has 7 heteroatoms. The highest BCUT2D eigenvalue weighted by atomic mass is 32.2. The van der Waals surface area contributed by atoms with Crippen LogP contribution in [0.4, 0.5) is 0 Å². The molecule has 0 aliphatic rings. The molecule has 0 bridgehead atoms. The van der Waals surface area contributed by atoms with Gasteiger partial charge in [0.15, 0.2) is 4.77 Å². The lowest BCUT2D eigenvalue weighted by Crippen LogP contribution is -2.24. The van der Waals surface area contributed by atoms with Crippen molar-refractivity contribution >= 4 is 44.6 Å². The van der Waals surface area contributed by atoms with Gasteiger partial charge in [0, 0.05) is 28.9 Å². The summed E-state index contributed by atoms with van der Waals surface area (Å²) in [7, 11) is -0.874. The molecule has 98 valence electrons. The molecular formula is C11H14N2O2S3. The lowest BCUT2D eigenvalue weighted by molar-refractivity contribution is 0.596. The second-order valence-electron chi connectivity index (χ2n) is 4.15. The van der Waals surface area contributed by atoms with Gasteiger partial charge in [0.05, 0.1) is 5.39 Å². The number of nitrogens with one attached hydrogen (secondary N) is 1. The molecule has 0 fully saturated rings. The van der Waals surface area contributed by atoms with E-state index in [1.165, 1.54) is 11.3 Å². The Morgan fingerprint density at radius 3 is 3.00 bits per heavy atom. The highest BCUT2D eigenvalue weighted by Gasteiger charge is 2.10. The van der Waals surface area contributed by atoms with E-state index in [9.17, 15) is 9.00 Å². The number of thiophene rings is 1. The molecule has 1 N–H and O–H groups in total. The van der Waals surface area contributed by atoms with Gasteiger partial charge in [0.25, 0.3) is 5.56 Å². The summed E-state index contributed by atoms with van der Waals surface area (Å²) in [5.74, 6) is 0. The maximum absolute atomic E-state index is 12.2. The van der Waals surface area contributed by atoms with Crippen LogP contribution in [0.1, 0.15) is 13.3 Å². The number of fused-ring (bicyclic) bond motifs is 1. The average molecular weight is 302 g/mol. The lowest BCUT2D eigenvalue weighted by Gasteiger charge is -2.10. The minimum absolute atomic E-state index is 0.0597. The quantitative estimate of drug-likeness (QED) is 0.882. The zero-order chi connectivity index (χ0) is 13.3. The third kappa shape index (κ3) is 2.62. The van der Waals surface area contributed by atoms with Gasteiger partial charge in [-0.1, -0.05) is 6.92 Å². The summed E-state index contributed by atoms with van der Waals surface area (Å²) in [6, 6.07) is 1.80. The van der Waals surface area contributed by atoms with Crippen molar-refractivity contribution in [1.82, 2.24) is 9.55 Å². The molecule has 2 heterocycles. The van der Waals surface area contributed by atoms with Gasteiger partial charge in [-0.15, -0.1) is 11.3 Å². The Balaban J connectivity index is 2.36.